The third kappa shape index (κ3) is 11.1. The molecule has 0 saturated heterocycles. The maximum absolute atomic E-state index is 5.35. The molecule has 3 heteroatoms. The third-order valence-corrected chi connectivity index (χ3v) is 1.13. The Kier molecular flexibility index (Phi) is 16.3. The van der Waals surface area contributed by atoms with Crippen LogP contribution < -0.4 is 0 Å². The second kappa shape index (κ2) is 10.3. The van der Waals surface area contributed by atoms with Gasteiger partial charge >= 0.3 is 18.9 Å². The molecule has 0 saturated carbocycles. The van der Waals surface area contributed by atoms with Crippen molar-refractivity contribution in [2.75, 3.05) is 11.6 Å². The molecule has 0 unspecified atom stereocenters. The Bertz CT molecular complexity index is 23.7. The van der Waals surface area contributed by atoms with E-state index in [1.54, 1.807) is 0 Å². The molecule has 0 rings (SSSR count). The van der Waals surface area contributed by atoms with Gasteiger partial charge in [-0.2, -0.15) is 12.6 Å². The predicted molar refractivity (Wildman–Crippen MR) is 41.0 cm³/mol. The second-order valence-electron chi connectivity index (χ2n) is 1.12. The van der Waals surface area contributed by atoms with Gasteiger partial charge in [-0.1, -0.05) is 0 Å². The van der Waals surface area contributed by atoms with Crippen molar-refractivity contribution in [2.45, 2.75) is 12.8 Å². The summed E-state index contributed by atoms with van der Waals surface area (Å²) < 4.78 is 0. The zero-order valence-electron chi connectivity index (χ0n) is 3.65. The number of rotatable bonds is 3. The monoisotopic (exact) mass is 132 g/mol. The molecule has 0 aromatic rings. The Hall–Kier alpha value is 1.24. The molecule has 0 aromatic heterocycles. The Morgan fingerprint density at radius 2 is 1.86 bits per heavy atom. The summed E-state index contributed by atoms with van der Waals surface area (Å²) in [6.07, 6.45) is 2.25. The van der Waals surface area contributed by atoms with Gasteiger partial charge in [-0.25, -0.2) is 0 Å². The molecule has 0 aliphatic heterocycles. The van der Waals surface area contributed by atoms with E-state index in [0.29, 0.717) is 0 Å². The summed E-state index contributed by atoms with van der Waals surface area (Å²) in [5.41, 5.74) is 0. The van der Waals surface area contributed by atoms with Crippen LogP contribution in [0.15, 0.2) is 0 Å². The molecule has 0 N–H and O–H groups in total. The van der Waals surface area contributed by atoms with Crippen LogP contribution in [0.4, 0.5) is 0 Å². The molecule has 0 nitrogen and oxygen atoms in total. The standard InChI is InChI=1S/C4H9ClS.Li.H/c5-3-1-2-4-6;;/h6H,1-4H2;;. The van der Waals surface area contributed by atoms with Crippen LogP contribution in [-0.4, -0.2) is 30.5 Å². The Morgan fingerprint density at radius 3 is 2.00 bits per heavy atom. The molecule has 40 valence electrons. The van der Waals surface area contributed by atoms with Crippen molar-refractivity contribution >= 4 is 43.1 Å². The van der Waals surface area contributed by atoms with E-state index in [-0.39, 0.29) is 18.9 Å². The zero-order chi connectivity index (χ0) is 4.83. The van der Waals surface area contributed by atoms with Gasteiger partial charge in [0.2, 0.25) is 0 Å². The summed E-state index contributed by atoms with van der Waals surface area (Å²) in [5, 5.41) is 0. The van der Waals surface area contributed by atoms with Crippen LogP contribution in [0, 0.1) is 0 Å². The van der Waals surface area contributed by atoms with Crippen LogP contribution in [0.3, 0.4) is 0 Å². The minimum absolute atomic E-state index is 0. The van der Waals surface area contributed by atoms with E-state index < -0.39 is 0 Å². The maximum atomic E-state index is 5.35. The number of thiol groups is 1. The summed E-state index contributed by atoms with van der Waals surface area (Å²) in [7, 11) is 0. The summed E-state index contributed by atoms with van der Waals surface area (Å²) in [6.45, 7) is 0. The first kappa shape index (κ1) is 11.1. The summed E-state index contributed by atoms with van der Waals surface area (Å²) in [4.78, 5) is 0. The molecule has 0 amide bonds. The minimum atomic E-state index is 0. The first-order valence-corrected chi connectivity index (χ1v) is 3.25. The van der Waals surface area contributed by atoms with Crippen LogP contribution in [0.2, 0.25) is 0 Å². The van der Waals surface area contributed by atoms with Crippen molar-refractivity contribution in [1.82, 2.24) is 0 Å². The van der Waals surface area contributed by atoms with Crippen LogP contribution >= 0.6 is 24.2 Å². The van der Waals surface area contributed by atoms with Gasteiger partial charge in [0.05, 0.1) is 0 Å². The Morgan fingerprint density at radius 1 is 1.29 bits per heavy atom. The van der Waals surface area contributed by atoms with Crippen molar-refractivity contribution in [3.05, 3.63) is 0 Å². The number of hydrogen-bond acceptors (Lipinski definition) is 1. The normalized spacial score (nSPS) is 7.71. The van der Waals surface area contributed by atoms with Crippen LogP contribution in [0.5, 0.6) is 0 Å². The quantitative estimate of drug-likeness (QED) is 0.254. The molecule has 0 heterocycles. The van der Waals surface area contributed by atoms with Crippen LogP contribution in [0.1, 0.15) is 12.8 Å². The second-order valence-corrected chi connectivity index (χ2v) is 1.94. The van der Waals surface area contributed by atoms with Gasteiger partial charge < -0.3 is 0 Å². The zero-order valence-corrected chi connectivity index (χ0v) is 5.30. The Labute approximate surface area is 67.6 Å². The predicted octanol–water partition coefficient (Wildman–Crippen LogP) is 1.29. The summed E-state index contributed by atoms with van der Waals surface area (Å²) in [6, 6.07) is 0. The van der Waals surface area contributed by atoms with E-state index in [1.165, 1.54) is 0 Å². The number of hydrogen-bond donors (Lipinski definition) is 1. The van der Waals surface area contributed by atoms with Gasteiger partial charge in [0.1, 0.15) is 0 Å². The number of unbranched alkanes of at least 4 members (excludes halogenated alkanes) is 1. The van der Waals surface area contributed by atoms with Crippen molar-refractivity contribution in [3.8, 4) is 0 Å². The molecule has 0 spiro atoms. The van der Waals surface area contributed by atoms with Crippen molar-refractivity contribution in [3.63, 3.8) is 0 Å². The SMILES string of the molecule is SCCCCCl.[LiH]. The Balaban J connectivity index is 0. The van der Waals surface area contributed by atoms with Crippen molar-refractivity contribution in [1.29, 1.82) is 0 Å². The molecule has 7 heavy (non-hydrogen) atoms. The van der Waals surface area contributed by atoms with Crippen LogP contribution in [-0.2, 0) is 0 Å². The topological polar surface area (TPSA) is 0 Å². The fourth-order valence-corrected chi connectivity index (χ4v) is 0.619. The third-order valence-electron chi connectivity index (χ3n) is 0.542. The molecular weight excluding hydrogens is 123 g/mol. The van der Waals surface area contributed by atoms with E-state index in [1.807, 2.05) is 0 Å². The molecule has 0 bridgehead atoms. The van der Waals surface area contributed by atoms with Gasteiger partial charge in [0.25, 0.3) is 0 Å². The average Bonchev–Trinajstić information content (AvgIpc) is 1.61. The van der Waals surface area contributed by atoms with E-state index in [4.69, 9.17) is 11.6 Å². The van der Waals surface area contributed by atoms with Gasteiger partial charge in [-0.05, 0) is 18.6 Å². The molecule has 0 atom stereocenters. The number of halogens is 1. The first-order valence-electron chi connectivity index (χ1n) is 2.08. The van der Waals surface area contributed by atoms with E-state index in [0.717, 1.165) is 24.5 Å². The summed E-state index contributed by atoms with van der Waals surface area (Å²) in [5.74, 6) is 1.74. The van der Waals surface area contributed by atoms with E-state index in [2.05, 4.69) is 12.6 Å². The fourth-order valence-electron chi connectivity index (χ4n) is 0.206. The molecule has 0 aliphatic rings. The van der Waals surface area contributed by atoms with Crippen LogP contribution in [0.25, 0.3) is 0 Å². The molecular formula is C4H10ClLiS. The van der Waals surface area contributed by atoms with Gasteiger partial charge in [0, 0.05) is 5.88 Å². The van der Waals surface area contributed by atoms with Gasteiger partial charge in [-0.15, -0.1) is 11.6 Å². The van der Waals surface area contributed by atoms with Gasteiger partial charge in [-0.3, -0.25) is 0 Å². The van der Waals surface area contributed by atoms with Crippen molar-refractivity contribution < 1.29 is 0 Å². The number of alkyl halides is 1. The van der Waals surface area contributed by atoms with Crippen molar-refractivity contribution in [2.24, 2.45) is 0 Å². The molecule has 0 radical (unpaired) electrons. The summed E-state index contributed by atoms with van der Waals surface area (Å²) >= 11 is 9.34. The molecule has 0 fully saturated rings. The van der Waals surface area contributed by atoms with E-state index in [9.17, 15) is 0 Å². The van der Waals surface area contributed by atoms with Gasteiger partial charge in [0.15, 0.2) is 0 Å². The fraction of sp³-hybridized carbons (Fsp3) is 1.00. The molecule has 0 aliphatic carbocycles. The first-order chi connectivity index (χ1) is 2.91. The molecule has 0 aromatic carbocycles. The average molecular weight is 133 g/mol. The van der Waals surface area contributed by atoms with E-state index >= 15 is 0 Å².